The smallest absolute Gasteiger partial charge is 0.226 e. The highest BCUT2D eigenvalue weighted by Crippen LogP contribution is 2.17. The van der Waals surface area contributed by atoms with Gasteiger partial charge in [0.25, 0.3) is 0 Å². The molecule has 0 aliphatic rings. The fourth-order valence-corrected chi connectivity index (χ4v) is 3.96. The van der Waals surface area contributed by atoms with E-state index < -0.39 is 0 Å². The van der Waals surface area contributed by atoms with Crippen LogP contribution in [0.3, 0.4) is 0 Å². The average molecular weight is 485 g/mol. The van der Waals surface area contributed by atoms with Gasteiger partial charge in [-0.05, 0) is 12.8 Å². The normalized spacial score (nSPS) is 10.9. The lowest BCUT2D eigenvalue weighted by Gasteiger charge is -2.04. The standard InChI is InChI=1S/C20H32N6O4S2/c1-3-5-7-15(27)21-19-25-23-17(31-19)9-11-29-13-14-30-12-10-18-24-26-20(32-18)22-16(28)8-6-4-2/h3-14H2,1-2H3,(H,21,25,27)(H,22,26,28). The van der Waals surface area contributed by atoms with Crippen molar-refractivity contribution in [3.8, 4) is 0 Å². The molecule has 0 aromatic carbocycles. The van der Waals surface area contributed by atoms with Crippen LogP contribution in [0.25, 0.3) is 0 Å². The van der Waals surface area contributed by atoms with Crippen molar-refractivity contribution in [2.24, 2.45) is 0 Å². The van der Waals surface area contributed by atoms with Crippen molar-refractivity contribution in [3.05, 3.63) is 10.0 Å². The maximum atomic E-state index is 11.7. The second kappa shape index (κ2) is 15.7. The van der Waals surface area contributed by atoms with Crippen molar-refractivity contribution in [1.29, 1.82) is 0 Å². The van der Waals surface area contributed by atoms with E-state index in [0.29, 0.717) is 62.4 Å². The summed E-state index contributed by atoms with van der Waals surface area (Å²) in [4.78, 5) is 23.4. The van der Waals surface area contributed by atoms with Crippen molar-refractivity contribution < 1.29 is 19.1 Å². The fraction of sp³-hybridized carbons (Fsp3) is 0.700. The van der Waals surface area contributed by atoms with Gasteiger partial charge in [-0.15, -0.1) is 20.4 Å². The molecule has 0 spiro atoms. The fourth-order valence-electron chi connectivity index (χ4n) is 2.49. The zero-order chi connectivity index (χ0) is 23.0. The van der Waals surface area contributed by atoms with Crippen LogP contribution in [0.15, 0.2) is 0 Å². The van der Waals surface area contributed by atoms with Gasteiger partial charge in [-0.25, -0.2) is 0 Å². The molecule has 2 N–H and O–H groups in total. The minimum absolute atomic E-state index is 0.0237. The Morgan fingerprint density at radius 1 is 0.719 bits per heavy atom. The third kappa shape index (κ3) is 11.0. The second-order valence-corrected chi connectivity index (χ2v) is 9.15. The molecule has 12 heteroatoms. The summed E-state index contributed by atoms with van der Waals surface area (Å²) in [6.45, 7) is 6.09. The first kappa shape index (κ1) is 26.2. The summed E-state index contributed by atoms with van der Waals surface area (Å²) in [5, 5.41) is 24.4. The third-order valence-corrected chi connectivity index (χ3v) is 6.03. The van der Waals surface area contributed by atoms with Gasteiger partial charge in [0.05, 0.1) is 26.4 Å². The molecule has 178 valence electrons. The van der Waals surface area contributed by atoms with Gasteiger partial charge >= 0.3 is 0 Å². The predicted molar refractivity (Wildman–Crippen MR) is 125 cm³/mol. The number of nitrogens with one attached hydrogen (secondary N) is 2. The van der Waals surface area contributed by atoms with Crippen LogP contribution >= 0.6 is 22.7 Å². The van der Waals surface area contributed by atoms with Gasteiger partial charge in [-0.2, -0.15) is 0 Å². The molecule has 0 saturated carbocycles. The van der Waals surface area contributed by atoms with Gasteiger partial charge in [0.2, 0.25) is 22.1 Å². The zero-order valence-electron chi connectivity index (χ0n) is 18.7. The number of hydrogen-bond acceptors (Lipinski definition) is 10. The summed E-state index contributed by atoms with van der Waals surface area (Å²) in [7, 11) is 0. The van der Waals surface area contributed by atoms with E-state index in [-0.39, 0.29) is 11.8 Å². The van der Waals surface area contributed by atoms with Crippen LogP contribution in [0.4, 0.5) is 10.3 Å². The van der Waals surface area contributed by atoms with Crippen LogP contribution in [0.1, 0.15) is 62.4 Å². The lowest BCUT2D eigenvalue weighted by Crippen LogP contribution is -2.10. The van der Waals surface area contributed by atoms with Crippen molar-refractivity contribution in [3.63, 3.8) is 0 Å². The maximum Gasteiger partial charge on any atom is 0.226 e. The largest absolute Gasteiger partial charge is 0.379 e. The number of hydrogen-bond donors (Lipinski definition) is 2. The number of carbonyl (C=O) groups is 2. The number of ether oxygens (including phenoxy) is 2. The van der Waals surface area contributed by atoms with Crippen LogP contribution in [-0.4, -0.2) is 58.6 Å². The van der Waals surface area contributed by atoms with Gasteiger partial charge in [-0.3, -0.25) is 9.59 Å². The van der Waals surface area contributed by atoms with E-state index in [9.17, 15) is 9.59 Å². The molecule has 2 aromatic rings. The first-order valence-corrected chi connectivity index (χ1v) is 12.6. The monoisotopic (exact) mass is 484 g/mol. The number of anilines is 2. The maximum absolute atomic E-state index is 11.7. The zero-order valence-corrected chi connectivity index (χ0v) is 20.4. The van der Waals surface area contributed by atoms with Crippen LogP contribution in [-0.2, 0) is 31.9 Å². The first-order valence-electron chi connectivity index (χ1n) is 11.0. The minimum atomic E-state index is -0.0237. The van der Waals surface area contributed by atoms with Crippen LogP contribution in [0, 0.1) is 0 Å². The topological polar surface area (TPSA) is 128 Å². The van der Waals surface area contributed by atoms with E-state index in [1.54, 1.807) is 0 Å². The summed E-state index contributed by atoms with van der Waals surface area (Å²) in [6.07, 6.45) is 5.99. The van der Waals surface area contributed by atoms with Crippen molar-refractivity contribution in [2.45, 2.75) is 65.2 Å². The number of carbonyl (C=O) groups excluding carboxylic acids is 2. The summed E-state index contributed by atoms with van der Waals surface area (Å²) in [5.41, 5.74) is 0. The Labute approximate surface area is 196 Å². The summed E-state index contributed by atoms with van der Waals surface area (Å²) >= 11 is 2.74. The first-order chi connectivity index (χ1) is 15.6. The molecule has 0 unspecified atom stereocenters. The number of nitrogens with zero attached hydrogens (tertiary/aromatic N) is 4. The van der Waals surface area contributed by atoms with Gasteiger partial charge in [0.1, 0.15) is 10.0 Å². The van der Waals surface area contributed by atoms with E-state index in [0.717, 1.165) is 35.7 Å². The van der Waals surface area contributed by atoms with Crippen LogP contribution < -0.4 is 10.6 Å². The Hall–Kier alpha value is -2.02. The van der Waals surface area contributed by atoms with Crippen molar-refractivity contribution in [2.75, 3.05) is 37.1 Å². The van der Waals surface area contributed by atoms with Crippen LogP contribution in [0.2, 0.25) is 0 Å². The van der Waals surface area contributed by atoms with E-state index >= 15 is 0 Å². The number of unbranched alkanes of at least 4 members (excludes halogenated alkanes) is 2. The predicted octanol–water partition coefficient (Wildman–Crippen LogP) is 3.47. The lowest BCUT2D eigenvalue weighted by molar-refractivity contribution is -0.117. The highest BCUT2D eigenvalue weighted by atomic mass is 32.1. The molecule has 2 amide bonds. The Kier molecular flexibility index (Phi) is 12.9. The molecule has 2 aromatic heterocycles. The number of rotatable bonds is 17. The van der Waals surface area contributed by atoms with Crippen molar-refractivity contribution >= 4 is 44.8 Å². The molecule has 32 heavy (non-hydrogen) atoms. The van der Waals surface area contributed by atoms with Gasteiger partial charge in [0, 0.05) is 25.7 Å². The molecule has 10 nitrogen and oxygen atoms in total. The minimum Gasteiger partial charge on any atom is -0.379 e. The quantitative estimate of drug-likeness (QED) is 0.327. The molecule has 0 bridgehead atoms. The average Bonchev–Trinajstić information content (AvgIpc) is 3.41. The molecular formula is C20H32N6O4S2. The second-order valence-electron chi connectivity index (χ2n) is 7.03. The Balaban J connectivity index is 1.49. The Morgan fingerprint density at radius 2 is 1.16 bits per heavy atom. The van der Waals surface area contributed by atoms with E-state index in [1.165, 1.54) is 22.7 Å². The molecule has 0 radical (unpaired) electrons. The molecule has 0 fully saturated rings. The number of aromatic nitrogens is 4. The SMILES string of the molecule is CCCCC(=O)Nc1nnc(CCOCCOCCc2nnc(NC(=O)CCCC)s2)s1. The molecule has 2 heterocycles. The summed E-state index contributed by atoms with van der Waals surface area (Å²) in [6, 6.07) is 0. The summed E-state index contributed by atoms with van der Waals surface area (Å²) in [5.74, 6) is -0.0474. The highest BCUT2D eigenvalue weighted by Gasteiger charge is 2.09. The third-order valence-electron chi connectivity index (χ3n) is 4.23. The Bertz CT molecular complexity index is 747. The van der Waals surface area contributed by atoms with Gasteiger partial charge < -0.3 is 20.1 Å². The Morgan fingerprint density at radius 3 is 1.56 bits per heavy atom. The molecule has 0 aliphatic carbocycles. The molecule has 2 rings (SSSR count). The van der Waals surface area contributed by atoms with E-state index in [1.807, 2.05) is 13.8 Å². The van der Waals surface area contributed by atoms with Gasteiger partial charge in [-0.1, -0.05) is 49.4 Å². The highest BCUT2D eigenvalue weighted by molar-refractivity contribution is 7.15. The summed E-state index contributed by atoms with van der Waals surface area (Å²) < 4.78 is 11.1. The molecular weight excluding hydrogens is 452 g/mol. The van der Waals surface area contributed by atoms with Crippen LogP contribution in [0.5, 0.6) is 0 Å². The van der Waals surface area contributed by atoms with Gasteiger partial charge in [0.15, 0.2) is 0 Å². The van der Waals surface area contributed by atoms with E-state index in [2.05, 4.69) is 31.0 Å². The molecule has 0 aliphatic heterocycles. The molecule has 0 saturated heterocycles. The lowest BCUT2D eigenvalue weighted by atomic mass is 10.2. The number of amides is 2. The molecule has 0 atom stereocenters. The van der Waals surface area contributed by atoms with Crippen molar-refractivity contribution in [1.82, 2.24) is 20.4 Å². The van der Waals surface area contributed by atoms with E-state index in [4.69, 9.17) is 9.47 Å².